The zero-order chi connectivity index (χ0) is 15.0. The number of rotatable bonds is 3. The first-order valence-corrected chi connectivity index (χ1v) is 6.84. The molecule has 6 heteroatoms. The van der Waals surface area contributed by atoms with Crippen molar-refractivity contribution in [1.82, 2.24) is 14.8 Å². The van der Waals surface area contributed by atoms with Crippen LogP contribution in [-0.4, -0.2) is 19.9 Å². The zero-order valence-corrected chi connectivity index (χ0v) is 12.4. The van der Waals surface area contributed by atoms with Crippen molar-refractivity contribution < 1.29 is 9.84 Å². The highest BCUT2D eigenvalue weighted by Crippen LogP contribution is 2.34. The Morgan fingerprint density at radius 3 is 2.90 bits per heavy atom. The molecule has 2 aromatic heterocycles. The van der Waals surface area contributed by atoms with Crippen molar-refractivity contribution in [3.8, 4) is 11.6 Å². The first-order valence-electron chi connectivity index (χ1n) is 6.46. The first kappa shape index (κ1) is 13.9. The summed E-state index contributed by atoms with van der Waals surface area (Å²) in [6, 6.07) is 7.24. The summed E-state index contributed by atoms with van der Waals surface area (Å²) in [5.74, 6) is 1.08. The number of benzene rings is 1. The van der Waals surface area contributed by atoms with Crippen LogP contribution in [-0.2, 0) is 13.7 Å². The third kappa shape index (κ3) is 2.34. The molecule has 0 aliphatic heterocycles. The summed E-state index contributed by atoms with van der Waals surface area (Å²) in [5.41, 5.74) is 2.07. The Labute approximate surface area is 126 Å². The van der Waals surface area contributed by atoms with Gasteiger partial charge in [0.1, 0.15) is 5.52 Å². The molecule has 0 saturated heterocycles. The molecule has 108 valence electrons. The average molecular weight is 304 g/mol. The normalized spacial score (nSPS) is 11.0. The Hall–Kier alpha value is -2.11. The van der Waals surface area contributed by atoms with Crippen LogP contribution in [0.15, 0.2) is 30.5 Å². The van der Waals surface area contributed by atoms with Crippen molar-refractivity contribution in [2.24, 2.45) is 7.05 Å². The maximum absolute atomic E-state index is 9.48. The Kier molecular flexibility index (Phi) is 3.53. The molecule has 3 aromatic rings. The van der Waals surface area contributed by atoms with Gasteiger partial charge < -0.3 is 9.84 Å². The SMILES string of the molecule is Cc1nn(C)c(Oc2ccc(Cl)c3cccnc23)c1CO. The van der Waals surface area contributed by atoms with Gasteiger partial charge in [0.15, 0.2) is 5.75 Å². The number of pyridine rings is 1. The highest BCUT2D eigenvalue weighted by molar-refractivity contribution is 6.35. The van der Waals surface area contributed by atoms with Crippen LogP contribution in [0.4, 0.5) is 0 Å². The molecule has 21 heavy (non-hydrogen) atoms. The molecule has 0 saturated carbocycles. The fraction of sp³-hybridized carbons (Fsp3) is 0.200. The first-order chi connectivity index (χ1) is 10.1. The predicted octanol–water partition coefficient (Wildman–Crippen LogP) is 3.21. The minimum atomic E-state index is -0.131. The van der Waals surface area contributed by atoms with Crippen molar-refractivity contribution in [1.29, 1.82) is 0 Å². The summed E-state index contributed by atoms with van der Waals surface area (Å²) in [7, 11) is 1.77. The number of aliphatic hydroxyl groups is 1. The van der Waals surface area contributed by atoms with E-state index < -0.39 is 0 Å². The standard InChI is InChI=1S/C15H14ClN3O2/c1-9-11(8-20)15(19(2)18-9)21-13-6-5-12(16)10-4-3-7-17-14(10)13/h3-7,20H,8H2,1-2H3. The largest absolute Gasteiger partial charge is 0.437 e. The second kappa shape index (κ2) is 5.35. The van der Waals surface area contributed by atoms with E-state index in [2.05, 4.69) is 10.1 Å². The lowest BCUT2D eigenvalue weighted by Crippen LogP contribution is -1.98. The van der Waals surface area contributed by atoms with Crippen LogP contribution in [0.3, 0.4) is 0 Å². The smallest absolute Gasteiger partial charge is 0.223 e. The van der Waals surface area contributed by atoms with Crippen molar-refractivity contribution in [3.05, 3.63) is 46.7 Å². The maximum Gasteiger partial charge on any atom is 0.223 e. The van der Waals surface area contributed by atoms with Gasteiger partial charge in [0, 0.05) is 18.6 Å². The van der Waals surface area contributed by atoms with Crippen molar-refractivity contribution in [2.75, 3.05) is 0 Å². The van der Waals surface area contributed by atoms with Gasteiger partial charge in [-0.05, 0) is 31.2 Å². The number of halogens is 1. The van der Waals surface area contributed by atoms with E-state index in [0.717, 1.165) is 11.1 Å². The Morgan fingerprint density at radius 2 is 2.14 bits per heavy atom. The Balaban J connectivity index is 2.13. The van der Waals surface area contributed by atoms with E-state index in [4.69, 9.17) is 16.3 Å². The van der Waals surface area contributed by atoms with Gasteiger partial charge in [-0.3, -0.25) is 4.98 Å². The third-order valence-electron chi connectivity index (χ3n) is 3.33. The molecule has 0 amide bonds. The molecule has 0 aliphatic carbocycles. The Bertz CT molecular complexity index is 814. The van der Waals surface area contributed by atoms with Crippen LogP contribution in [0.2, 0.25) is 5.02 Å². The summed E-state index contributed by atoms with van der Waals surface area (Å²) in [6.07, 6.45) is 1.69. The number of hydrogen-bond acceptors (Lipinski definition) is 4. The molecule has 0 radical (unpaired) electrons. The van der Waals surface area contributed by atoms with Gasteiger partial charge in [-0.15, -0.1) is 0 Å². The van der Waals surface area contributed by atoms with Crippen molar-refractivity contribution >= 4 is 22.5 Å². The molecular formula is C15H14ClN3O2. The molecule has 0 atom stereocenters. The Morgan fingerprint density at radius 1 is 1.33 bits per heavy atom. The van der Waals surface area contributed by atoms with Gasteiger partial charge in [-0.2, -0.15) is 5.10 Å². The number of aryl methyl sites for hydroxylation is 2. The van der Waals surface area contributed by atoms with Crippen LogP contribution >= 0.6 is 11.6 Å². The average Bonchev–Trinajstić information content (AvgIpc) is 2.76. The number of aromatic nitrogens is 3. The van der Waals surface area contributed by atoms with Gasteiger partial charge in [0.25, 0.3) is 0 Å². The lowest BCUT2D eigenvalue weighted by Gasteiger charge is -2.10. The van der Waals surface area contributed by atoms with Crippen LogP contribution in [0.25, 0.3) is 10.9 Å². The molecule has 0 unspecified atom stereocenters. The lowest BCUT2D eigenvalue weighted by molar-refractivity contribution is 0.274. The molecule has 0 spiro atoms. The van der Waals surface area contributed by atoms with Gasteiger partial charge in [-0.1, -0.05) is 11.6 Å². The fourth-order valence-electron chi connectivity index (χ4n) is 2.29. The zero-order valence-electron chi connectivity index (χ0n) is 11.7. The molecule has 5 nitrogen and oxygen atoms in total. The van der Waals surface area contributed by atoms with Crippen molar-refractivity contribution in [2.45, 2.75) is 13.5 Å². The molecule has 0 bridgehead atoms. The van der Waals surface area contributed by atoms with E-state index in [9.17, 15) is 5.11 Å². The molecule has 1 aromatic carbocycles. The lowest BCUT2D eigenvalue weighted by atomic mass is 10.2. The van der Waals surface area contributed by atoms with Crippen LogP contribution < -0.4 is 4.74 Å². The number of ether oxygens (including phenoxy) is 1. The van der Waals surface area contributed by atoms with E-state index in [1.807, 2.05) is 19.1 Å². The fourth-order valence-corrected chi connectivity index (χ4v) is 2.50. The second-order valence-corrected chi connectivity index (χ2v) is 5.11. The monoisotopic (exact) mass is 303 g/mol. The van der Waals surface area contributed by atoms with Gasteiger partial charge in [-0.25, -0.2) is 4.68 Å². The van der Waals surface area contributed by atoms with E-state index in [1.54, 1.807) is 30.1 Å². The number of fused-ring (bicyclic) bond motifs is 1. The molecule has 2 heterocycles. The second-order valence-electron chi connectivity index (χ2n) is 4.70. The number of hydrogen-bond donors (Lipinski definition) is 1. The number of nitrogens with zero attached hydrogens (tertiary/aromatic N) is 3. The summed E-state index contributed by atoms with van der Waals surface area (Å²) in [4.78, 5) is 4.33. The minimum absolute atomic E-state index is 0.131. The summed E-state index contributed by atoms with van der Waals surface area (Å²) < 4.78 is 7.54. The molecular weight excluding hydrogens is 290 g/mol. The summed E-state index contributed by atoms with van der Waals surface area (Å²) >= 11 is 6.17. The molecule has 0 fully saturated rings. The van der Waals surface area contributed by atoms with Crippen LogP contribution in [0, 0.1) is 6.92 Å². The van der Waals surface area contributed by atoms with Gasteiger partial charge in [0.2, 0.25) is 5.88 Å². The highest BCUT2D eigenvalue weighted by atomic mass is 35.5. The van der Waals surface area contributed by atoms with Gasteiger partial charge >= 0.3 is 0 Å². The van der Waals surface area contributed by atoms with Crippen LogP contribution in [0.1, 0.15) is 11.3 Å². The molecule has 1 N–H and O–H groups in total. The maximum atomic E-state index is 9.48. The van der Waals surface area contributed by atoms with Gasteiger partial charge in [0.05, 0.1) is 22.9 Å². The third-order valence-corrected chi connectivity index (χ3v) is 3.66. The number of aliphatic hydroxyl groups excluding tert-OH is 1. The molecule has 0 aliphatic rings. The van der Waals surface area contributed by atoms with Crippen molar-refractivity contribution in [3.63, 3.8) is 0 Å². The minimum Gasteiger partial charge on any atom is -0.437 e. The highest BCUT2D eigenvalue weighted by Gasteiger charge is 2.16. The van der Waals surface area contributed by atoms with E-state index in [-0.39, 0.29) is 6.61 Å². The quantitative estimate of drug-likeness (QED) is 0.807. The predicted molar refractivity (Wildman–Crippen MR) is 80.7 cm³/mol. The summed E-state index contributed by atoms with van der Waals surface area (Å²) in [5, 5.41) is 15.2. The summed E-state index contributed by atoms with van der Waals surface area (Å²) in [6.45, 7) is 1.70. The van der Waals surface area contributed by atoms with E-state index >= 15 is 0 Å². The van der Waals surface area contributed by atoms with E-state index in [0.29, 0.717) is 27.7 Å². The van der Waals surface area contributed by atoms with Crippen LogP contribution in [0.5, 0.6) is 11.6 Å². The van der Waals surface area contributed by atoms with E-state index in [1.165, 1.54) is 0 Å². The molecule has 3 rings (SSSR count). The topological polar surface area (TPSA) is 60.2 Å².